The quantitative estimate of drug-likeness (QED) is 0.510. The van der Waals surface area contributed by atoms with E-state index < -0.39 is 29.5 Å². The molecule has 0 aromatic carbocycles. The topological polar surface area (TPSA) is 118 Å². The summed E-state index contributed by atoms with van der Waals surface area (Å²) in [6.07, 6.45) is 8.78. The van der Waals surface area contributed by atoms with Crippen molar-refractivity contribution in [2.75, 3.05) is 12.4 Å². The van der Waals surface area contributed by atoms with E-state index in [1.54, 1.807) is 0 Å². The molecular weight excluding hydrogens is 420 g/mol. The van der Waals surface area contributed by atoms with Gasteiger partial charge in [0, 0.05) is 5.38 Å². The second-order valence-corrected chi connectivity index (χ2v) is 9.53. The van der Waals surface area contributed by atoms with Crippen molar-refractivity contribution in [1.29, 1.82) is 0 Å². The van der Waals surface area contributed by atoms with Gasteiger partial charge in [0.1, 0.15) is 11.6 Å². The monoisotopic (exact) mass is 448 g/mol. The molecule has 10 heteroatoms. The zero-order valence-corrected chi connectivity index (χ0v) is 18.5. The van der Waals surface area contributed by atoms with E-state index in [-0.39, 0.29) is 22.7 Å². The molecule has 1 aromatic heterocycles. The number of urea groups is 1. The van der Waals surface area contributed by atoms with Crippen LogP contribution in [0.25, 0.3) is 0 Å². The lowest BCUT2D eigenvalue weighted by Crippen LogP contribution is -2.50. The first-order valence-corrected chi connectivity index (χ1v) is 11.8. The van der Waals surface area contributed by atoms with Crippen LogP contribution in [-0.4, -0.2) is 52.4 Å². The Morgan fingerprint density at radius 2 is 1.97 bits per heavy atom. The van der Waals surface area contributed by atoms with Crippen molar-refractivity contribution < 1.29 is 23.9 Å². The predicted octanol–water partition coefficient (Wildman–Crippen LogP) is 3.07. The molecule has 1 unspecified atom stereocenters. The van der Waals surface area contributed by atoms with E-state index in [1.165, 1.54) is 18.9 Å². The average molecular weight is 449 g/mol. The maximum atomic E-state index is 13.3. The molecule has 2 heterocycles. The van der Waals surface area contributed by atoms with Crippen LogP contribution in [0.5, 0.6) is 0 Å². The standard InChI is InChI=1S/C21H28N4O5S/c1-30-17(27)14-12-31-19(22-14)23-16(26)15(11-13-7-3-2-4-8-13)25-18(28)21(24-20(25)29)9-5-6-10-21/h12-13,15H,2-11H2,1H3,(H,24,29)(H,22,23,26). The van der Waals surface area contributed by atoms with Gasteiger partial charge in [0.25, 0.3) is 5.91 Å². The molecule has 1 spiro atoms. The lowest BCUT2D eigenvalue weighted by molar-refractivity contribution is -0.137. The number of hydrogen-bond acceptors (Lipinski definition) is 7. The number of rotatable bonds is 6. The van der Waals surface area contributed by atoms with Gasteiger partial charge in [-0.3, -0.25) is 9.59 Å². The van der Waals surface area contributed by atoms with Gasteiger partial charge in [-0.1, -0.05) is 44.9 Å². The van der Waals surface area contributed by atoms with Gasteiger partial charge in [0.15, 0.2) is 10.8 Å². The van der Waals surface area contributed by atoms with Crippen molar-refractivity contribution in [2.24, 2.45) is 5.92 Å². The maximum Gasteiger partial charge on any atom is 0.357 e. The van der Waals surface area contributed by atoms with E-state index in [9.17, 15) is 19.2 Å². The summed E-state index contributed by atoms with van der Waals surface area (Å²) < 4.78 is 4.65. The smallest absolute Gasteiger partial charge is 0.357 e. The molecule has 2 saturated carbocycles. The van der Waals surface area contributed by atoms with Gasteiger partial charge in [0.05, 0.1) is 7.11 Å². The van der Waals surface area contributed by atoms with E-state index in [4.69, 9.17) is 0 Å². The van der Waals surface area contributed by atoms with Crippen molar-refractivity contribution >= 4 is 40.3 Å². The Kier molecular flexibility index (Phi) is 6.27. The molecule has 0 radical (unpaired) electrons. The number of carbonyl (C=O) groups excluding carboxylic acids is 4. The third-order valence-electron chi connectivity index (χ3n) is 6.67. The number of esters is 1. The molecule has 1 saturated heterocycles. The highest BCUT2D eigenvalue weighted by Crippen LogP contribution is 2.38. The number of methoxy groups -OCH3 is 1. The Morgan fingerprint density at radius 1 is 1.26 bits per heavy atom. The summed E-state index contributed by atoms with van der Waals surface area (Å²) in [6, 6.07) is -1.39. The SMILES string of the molecule is COC(=O)c1csc(NC(=O)C(CC2CCCCC2)N2C(=O)NC3(CCCC3)C2=O)n1. The lowest BCUT2D eigenvalue weighted by atomic mass is 9.84. The van der Waals surface area contributed by atoms with Crippen molar-refractivity contribution in [3.05, 3.63) is 11.1 Å². The first kappa shape index (κ1) is 21.7. The molecule has 31 heavy (non-hydrogen) atoms. The number of amides is 4. The molecule has 2 aliphatic carbocycles. The summed E-state index contributed by atoms with van der Waals surface area (Å²) >= 11 is 1.10. The number of hydrogen-bond donors (Lipinski definition) is 2. The molecule has 1 aliphatic heterocycles. The number of nitrogens with zero attached hydrogens (tertiary/aromatic N) is 2. The summed E-state index contributed by atoms with van der Waals surface area (Å²) in [5.41, 5.74) is -0.756. The Hall–Kier alpha value is -2.49. The Bertz CT molecular complexity index is 873. The fourth-order valence-corrected chi connectivity index (χ4v) is 5.71. The van der Waals surface area contributed by atoms with Crippen molar-refractivity contribution in [2.45, 2.75) is 75.8 Å². The molecule has 168 valence electrons. The van der Waals surface area contributed by atoms with Crippen LogP contribution in [0, 0.1) is 5.92 Å². The van der Waals surface area contributed by atoms with Crippen LogP contribution in [0.2, 0.25) is 0 Å². The third kappa shape index (κ3) is 4.30. The molecule has 1 atom stereocenters. The maximum absolute atomic E-state index is 13.3. The number of nitrogens with one attached hydrogen (secondary N) is 2. The van der Waals surface area contributed by atoms with Gasteiger partial charge in [-0.2, -0.15) is 0 Å². The zero-order chi connectivity index (χ0) is 22.0. The molecule has 4 rings (SSSR count). The highest BCUT2D eigenvalue weighted by Gasteiger charge is 2.55. The van der Waals surface area contributed by atoms with Crippen molar-refractivity contribution in [1.82, 2.24) is 15.2 Å². The molecule has 0 bridgehead atoms. The minimum Gasteiger partial charge on any atom is -0.464 e. The fourth-order valence-electron chi connectivity index (χ4n) is 5.03. The Balaban J connectivity index is 1.55. The number of aromatic nitrogens is 1. The normalized spacial score (nSPS) is 21.9. The number of imide groups is 1. The number of anilines is 1. The summed E-state index contributed by atoms with van der Waals surface area (Å²) in [7, 11) is 1.26. The van der Waals surface area contributed by atoms with Gasteiger partial charge < -0.3 is 15.4 Å². The molecule has 3 fully saturated rings. The highest BCUT2D eigenvalue weighted by molar-refractivity contribution is 7.14. The van der Waals surface area contributed by atoms with Crippen LogP contribution in [-0.2, 0) is 14.3 Å². The first-order valence-electron chi connectivity index (χ1n) is 10.9. The second-order valence-electron chi connectivity index (χ2n) is 8.67. The average Bonchev–Trinajstić information content (AvgIpc) is 3.48. The molecule has 2 N–H and O–H groups in total. The highest BCUT2D eigenvalue weighted by atomic mass is 32.1. The third-order valence-corrected chi connectivity index (χ3v) is 7.43. The summed E-state index contributed by atoms with van der Waals surface area (Å²) in [5, 5.41) is 7.33. The summed E-state index contributed by atoms with van der Waals surface area (Å²) in [4.78, 5) is 56.3. The summed E-state index contributed by atoms with van der Waals surface area (Å²) in [6.45, 7) is 0. The zero-order valence-electron chi connectivity index (χ0n) is 17.6. The summed E-state index contributed by atoms with van der Waals surface area (Å²) in [5.74, 6) is -1.05. The fraction of sp³-hybridized carbons (Fsp3) is 0.667. The van der Waals surface area contributed by atoms with Gasteiger partial charge in [-0.25, -0.2) is 19.5 Å². The van der Waals surface area contributed by atoms with Gasteiger partial charge in [-0.15, -0.1) is 11.3 Å². The van der Waals surface area contributed by atoms with Crippen molar-refractivity contribution in [3.63, 3.8) is 0 Å². The van der Waals surface area contributed by atoms with Crippen molar-refractivity contribution in [3.8, 4) is 0 Å². The van der Waals surface area contributed by atoms with E-state index >= 15 is 0 Å². The number of carbonyl (C=O) groups is 4. The van der Waals surface area contributed by atoms with Crippen LogP contribution in [0.3, 0.4) is 0 Å². The van der Waals surface area contributed by atoms with Gasteiger partial charge in [-0.05, 0) is 25.2 Å². The van der Waals surface area contributed by atoms with E-state index in [0.29, 0.717) is 19.3 Å². The van der Waals surface area contributed by atoms with Crippen LogP contribution in [0.1, 0.15) is 74.7 Å². The molecule has 4 amide bonds. The van der Waals surface area contributed by atoms with Crippen LogP contribution in [0.15, 0.2) is 5.38 Å². The van der Waals surface area contributed by atoms with E-state index in [1.807, 2.05) is 0 Å². The molecule has 3 aliphatic rings. The predicted molar refractivity (Wildman–Crippen MR) is 114 cm³/mol. The van der Waals surface area contributed by atoms with E-state index in [0.717, 1.165) is 54.8 Å². The van der Waals surface area contributed by atoms with Crippen LogP contribution in [0.4, 0.5) is 9.93 Å². The molecular formula is C21H28N4O5S. The largest absolute Gasteiger partial charge is 0.464 e. The molecule has 1 aromatic rings. The van der Waals surface area contributed by atoms with Gasteiger partial charge >= 0.3 is 12.0 Å². The van der Waals surface area contributed by atoms with Crippen LogP contribution < -0.4 is 10.6 Å². The molecule has 9 nitrogen and oxygen atoms in total. The van der Waals surface area contributed by atoms with Gasteiger partial charge in [0.2, 0.25) is 5.91 Å². The Labute approximate surface area is 184 Å². The minimum atomic E-state index is -0.902. The number of thiazole rings is 1. The second kappa shape index (κ2) is 8.94. The van der Waals surface area contributed by atoms with Crippen LogP contribution >= 0.6 is 11.3 Å². The lowest BCUT2D eigenvalue weighted by Gasteiger charge is -2.30. The first-order chi connectivity index (χ1) is 14.9. The number of ether oxygens (including phenoxy) is 1. The Morgan fingerprint density at radius 3 is 2.65 bits per heavy atom. The minimum absolute atomic E-state index is 0.103. The van der Waals surface area contributed by atoms with E-state index in [2.05, 4.69) is 20.4 Å².